The van der Waals surface area contributed by atoms with Crippen molar-refractivity contribution in [1.29, 1.82) is 0 Å². The summed E-state index contributed by atoms with van der Waals surface area (Å²) in [5.41, 5.74) is 0.566. The highest BCUT2D eigenvalue weighted by atomic mass is 32.1. The maximum Gasteiger partial charge on any atom is 0.340 e. The third kappa shape index (κ3) is 2.90. The highest BCUT2D eigenvalue weighted by Gasteiger charge is 2.19. The molecule has 22 heavy (non-hydrogen) atoms. The normalized spacial score (nSPS) is 12.2. The lowest BCUT2D eigenvalue weighted by Gasteiger charge is -2.10. The molecule has 0 aliphatic rings. The van der Waals surface area contributed by atoms with Gasteiger partial charge in [-0.25, -0.2) is 9.78 Å². The van der Waals surface area contributed by atoms with Crippen LogP contribution in [0.15, 0.2) is 52.8 Å². The van der Waals surface area contributed by atoms with Gasteiger partial charge in [0.1, 0.15) is 6.61 Å². The summed E-state index contributed by atoms with van der Waals surface area (Å²) >= 11 is 1.32. The molecule has 0 saturated heterocycles. The van der Waals surface area contributed by atoms with Gasteiger partial charge in [0.15, 0.2) is 11.1 Å². The molecule has 112 valence electrons. The summed E-state index contributed by atoms with van der Waals surface area (Å²) in [6, 6.07) is 9.80. The fourth-order valence-electron chi connectivity index (χ4n) is 1.96. The van der Waals surface area contributed by atoms with Crippen LogP contribution in [0.1, 0.15) is 17.4 Å². The first-order valence-electron chi connectivity index (χ1n) is 6.50. The van der Waals surface area contributed by atoms with Gasteiger partial charge < -0.3 is 9.84 Å². The number of rotatable bonds is 4. The number of ether oxygens (including phenoxy) is 1. The number of hydrogen-bond donors (Lipinski definition) is 1. The molecule has 0 fully saturated rings. The second-order valence-corrected chi connectivity index (χ2v) is 5.44. The van der Waals surface area contributed by atoms with Crippen molar-refractivity contribution in [1.82, 2.24) is 9.38 Å². The summed E-state index contributed by atoms with van der Waals surface area (Å²) in [7, 11) is 0. The number of carbonyl (C=O) groups excluding carboxylic acids is 1. The topological polar surface area (TPSA) is 80.9 Å². The van der Waals surface area contributed by atoms with E-state index in [4.69, 9.17) is 4.74 Å². The molecule has 0 unspecified atom stereocenters. The summed E-state index contributed by atoms with van der Waals surface area (Å²) < 4.78 is 6.44. The second-order valence-electron chi connectivity index (χ2n) is 4.56. The number of esters is 1. The molecular weight excluding hydrogens is 304 g/mol. The predicted octanol–water partition coefficient (Wildman–Crippen LogP) is 1.53. The molecule has 2 aromatic heterocycles. The molecule has 1 aromatic carbocycles. The Bertz CT molecular complexity index is 857. The van der Waals surface area contributed by atoms with Gasteiger partial charge in [0.2, 0.25) is 0 Å². The van der Waals surface area contributed by atoms with Crippen molar-refractivity contribution in [3.05, 3.63) is 69.6 Å². The lowest BCUT2D eigenvalue weighted by molar-refractivity contribution is -0.155. The molecular formula is C15H12N2O4S. The third-order valence-corrected chi connectivity index (χ3v) is 3.81. The lowest BCUT2D eigenvalue weighted by atomic mass is 10.1. The first-order chi connectivity index (χ1) is 10.6. The summed E-state index contributed by atoms with van der Waals surface area (Å²) in [6.45, 7) is -0.160. The predicted molar refractivity (Wildman–Crippen MR) is 80.5 cm³/mol. The number of thiazole rings is 1. The number of aromatic nitrogens is 2. The number of aliphatic hydroxyl groups excluding tert-OH is 1. The molecule has 0 amide bonds. The largest absolute Gasteiger partial charge is 0.457 e. The van der Waals surface area contributed by atoms with E-state index in [2.05, 4.69) is 4.98 Å². The van der Waals surface area contributed by atoms with Gasteiger partial charge in [-0.1, -0.05) is 30.3 Å². The highest BCUT2D eigenvalue weighted by molar-refractivity contribution is 7.15. The fourth-order valence-corrected chi connectivity index (χ4v) is 2.70. The first kappa shape index (κ1) is 14.4. The molecule has 0 spiro atoms. The van der Waals surface area contributed by atoms with Crippen LogP contribution in [0.3, 0.4) is 0 Å². The van der Waals surface area contributed by atoms with Crippen LogP contribution in [0, 0.1) is 0 Å². The van der Waals surface area contributed by atoms with E-state index >= 15 is 0 Å². The number of fused-ring (bicyclic) bond motifs is 1. The van der Waals surface area contributed by atoms with Crippen molar-refractivity contribution in [3.63, 3.8) is 0 Å². The molecule has 2 heterocycles. The second kappa shape index (κ2) is 6.08. The van der Waals surface area contributed by atoms with Crippen molar-refractivity contribution in [2.45, 2.75) is 12.7 Å². The summed E-state index contributed by atoms with van der Waals surface area (Å²) in [5, 5.41) is 11.7. The first-order valence-corrected chi connectivity index (χ1v) is 7.38. The minimum Gasteiger partial charge on any atom is -0.457 e. The van der Waals surface area contributed by atoms with E-state index in [-0.39, 0.29) is 12.2 Å². The molecule has 0 aliphatic carbocycles. The van der Waals surface area contributed by atoms with Gasteiger partial charge >= 0.3 is 5.97 Å². The van der Waals surface area contributed by atoms with E-state index in [0.717, 1.165) is 0 Å². The Kier molecular flexibility index (Phi) is 3.99. The molecule has 1 N–H and O–H groups in total. The Hall–Kier alpha value is -2.51. The van der Waals surface area contributed by atoms with E-state index in [1.807, 2.05) is 0 Å². The SMILES string of the molecule is O=C(OCc1cc(=O)n2ccsc2n1)[C@H](O)c1ccccc1. The third-order valence-electron chi connectivity index (χ3n) is 3.06. The van der Waals surface area contributed by atoms with Crippen LogP contribution in [0.25, 0.3) is 4.96 Å². The minimum absolute atomic E-state index is 0.160. The summed E-state index contributed by atoms with van der Waals surface area (Å²) in [5.74, 6) is -0.778. The van der Waals surface area contributed by atoms with Crippen molar-refractivity contribution in [2.24, 2.45) is 0 Å². The molecule has 7 heteroatoms. The van der Waals surface area contributed by atoms with Crippen LogP contribution in [0.2, 0.25) is 0 Å². The summed E-state index contributed by atoms with van der Waals surface area (Å²) in [6.07, 6.45) is 0.275. The fraction of sp³-hybridized carbons (Fsp3) is 0.133. The van der Waals surface area contributed by atoms with Crippen LogP contribution in [-0.4, -0.2) is 20.5 Å². The molecule has 0 aliphatic heterocycles. The average Bonchev–Trinajstić information content (AvgIpc) is 3.02. The van der Waals surface area contributed by atoms with E-state index in [1.54, 1.807) is 41.9 Å². The minimum atomic E-state index is -1.35. The van der Waals surface area contributed by atoms with E-state index < -0.39 is 12.1 Å². The van der Waals surface area contributed by atoms with E-state index in [1.165, 1.54) is 21.8 Å². The molecule has 3 rings (SSSR count). The highest BCUT2D eigenvalue weighted by Crippen LogP contribution is 2.14. The number of benzene rings is 1. The number of hydrogen-bond acceptors (Lipinski definition) is 6. The Morgan fingerprint density at radius 1 is 1.36 bits per heavy atom. The smallest absolute Gasteiger partial charge is 0.340 e. The van der Waals surface area contributed by atoms with Crippen LogP contribution < -0.4 is 5.56 Å². The quantitative estimate of drug-likeness (QED) is 0.738. The standard InChI is InChI=1S/C15H12N2O4S/c18-12-8-11(16-15-17(12)6-7-22-15)9-21-14(20)13(19)10-4-2-1-3-5-10/h1-8,13,19H,9H2/t13-/m1/s1. The molecule has 6 nitrogen and oxygen atoms in total. The van der Waals surface area contributed by atoms with Crippen LogP contribution in [0.4, 0.5) is 0 Å². The van der Waals surface area contributed by atoms with Crippen molar-refractivity contribution in [3.8, 4) is 0 Å². The van der Waals surface area contributed by atoms with Gasteiger partial charge in [0.05, 0.1) is 5.69 Å². The van der Waals surface area contributed by atoms with Gasteiger partial charge in [-0.05, 0) is 5.56 Å². The van der Waals surface area contributed by atoms with E-state index in [0.29, 0.717) is 16.2 Å². The Morgan fingerprint density at radius 3 is 2.91 bits per heavy atom. The molecule has 0 saturated carbocycles. The maximum absolute atomic E-state index is 11.8. The monoisotopic (exact) mass is 316 g/mol. The Labute approximate surface area is 129 Å². The van der Waals surface area contributed by atoms with Gasteiger partial charge in [0.25, 0.3) is 5.56 Å². The number of nitrogens with zero attached hydrogens (tertiary/aromatic N) is 2. The lowest BCUT2D eigenvalue weighted by Crippen LogP contribution is -2.18. The Balaban J connectivity index is 1.71. The van der Waals surface area contributed by atoms with Gasteiger partial charge in [-0.15, -0.1) is 11.3 Å². The maximum atomic E-state index is 11.8. The van der Waals surface area contributed by atoms with Gasteiger partial charge in [-0.3, -0.25) is 9.20 Å². The zero-order valence-corrected chi connectivity index (χ0v) is 12.2. The van der Waals surface area contributed by atoms with Crippen LogP contribution in [-0.2, 0) is 16.1 Å². The van der Waals surface area contributed by atoms with Crippen molar-refractivity contribution in [2.75, 3.05) is 0 Å². The summed E-state index contributed by atoms with van der Waals surface area (Å²) in [4.78, 5) is 28.4. The molecule has 1 atom stereocenters. The molecule has 3 aromatic rings. The zero-order valence-electron chi connectivity index (χ0n) is 11.4. The number of carbonyl (C=O) groups is 1. The molecule has 0 bridgehead atoms. The van der Waals surface area contributed by atoms with Crippen LogP contribution in [0.5, 0.6) is 0 Å². The molecule has 0 radical (unpaired) electrons. The van der Waals surface area contributed by atoms with Crippen molar-refractivity contribution >= 4 is 22.3 Å². The van der Waals surface area contributed by atoms with E-state index in [9.17, 15) is 14.7 Å². The number of aliphatic hydroxyl groups is 1. The zero-order chi connectivity index (χ0) is 15.5. The Morgan fingerprint density at radius 2 is 2.14 bits per heavy atom. The van der Waals surface area contributed by atoms with Gasteiger partial charge in [-0.2, -0.15) is 0 Å². The van der Waals surface area contributed by atoms with Crippen molar-refractivity contribution < 1.29 is 14.6 Å². The van der Waals surface area contributed by atoms with Crippen LogP contribution >= 0.6 is 11.3 Å². The van der Waals surface area contributed by atoms with Gasteiger partial charge in [0, 0.05) is 17.6 Å². The average molecular weight is 316 g/mol.